The Morgan fingerprint density at radius 1 is 1.25 bits per heavy atom. The van der Waals surface area contributed by atoms with E-state index < -0.39 is 10.0 Å². The molecule has 5 nitrogen and oxygen atoms in total. The van der Waals surface area contributed by atoms with Crippen molar-refractivity contribution < 1.29 is 13.2 Å². The first-order valence-corrected chi connectivity index (χ1v) is 8.22. The van der Waals surface area contributed by atoms with E-state index in [-0.39, 0.29) is 4.90 Å². The number of methoxy groups -OCH3 is 1. The second-order valence-electron chi connectivity index (χ2n) is 5.68. The van der Waals surface area contributed by atoms with Gasteiger partial charge in [0.2, 0.25) is 10.0 Å². The quantitative estimate of drug-likeness (QED) is 0.866. The molecule has 0 saturated carbocycles. The van der Waals surface area contributed by atoms with E-state index in [4.69, 9.17) is 10.5 Å². The first kappa shape index (κ1) is 15.1. The van der Waals surface area contributed by atoms with Gasteiger partial charge in [-0.2, -0.15) is 4.31 Å². The summed E-state index contributed by atoms with van der Waals surface area (Å²) in [4.78, 5) is 0.190. The van der Waals surface area contributed by atoms with Crippen LogP contribution in [0.3, 0.4) is 0 Å². The van der Waals surface area contributed by atoms with Crippen molar-refractivity contribution in [1.82, 2.24) is 4.31 Å². The van der Waals surface area contributed by atoms with Crippen molar-refractivity contribution in [2.45, 2.75) is 25.2 Å². The largest absolute Gasteiger partial charge is 0.495 e. The van der Waals surface area contributed by atoms with E-state index in [9.17, 15) is 8.42 Å². The van der Waals surface area contributed by atoms with Crippen molar-refractivity contribution in [1.29, 1.82) is 0 Å². The normalized spacial score (nSPS) is 24.6. The lowest BCUT2D eigenvalue weighted by molar-refractivity contribution is 0.222. The lowest BCUT2D eigenvalue weighted by Gasteiger charge is -2.34. The molecule has 0 radical (unpaired) electrons. The Hall–Kier alpha value is -1.27. The number of nitrogens with two attached hydrogens (primary N) is 1. The van der Waals surface area contributed by atoms with Crippen LogP contribution in [0.5, 0.6) is 5.75 Å². The minimum atomic E-state index is -3.53. The molecule has 1 aliphatic heterocycles. The molecular formula is C14H22N2O3S. The molecule has 20 heavy (non-hydrogen) atoms. The molecule has 2 N–H and O–H groups in total. The molecule has 2 rings (SSSR count). The van der Waals surface area contributed by atoms with Gasteiger partial charge < -0.3 is 10.5 Å². The molecule has 1 fully saturated rings. The molecule has 112 valence electrons. The molecule has 1 aromatic rings. The summed E-state index contributed by atoms with van der Waals surface area (Å²) < 4.78 is 32.3. The van der Waals surface area contributed by atoms with Crippen molar-refractivity contribution in [3.8, 4) is 5.75 Å². The van der Waals surface area contributed by atoms with Crippen LogP contribution in [0.15, 0.2) is 23.1 Å². The summed E-state index contributed by atoms with van der Waals surface area (Å²) in [5.41, 5.74) is 6.17. The summed E-state index contributed by atoms with van der Waals surface area (Å²) in [7, 11) is -2.08. The molecule has 0 aromatic heterocycles. The highest BCUT2D eigenvalue weighted by Crippen LogP contribution is 2.32. The summed E-state index contributed by atoms with van der Waals surface area (Å²) in [5, 5.41) is 0. The molecule has 0 amide bonds. The van der Waals surface area contributed by atoms with Crippen LogP contribution >= 0.6 is 0 Å². The van der Waals surface area contributed by atoms with Crippen molar-refractivity contribution in [3.05, 3.63) is 18.2 Å². The number of ether oxygens (including phenoxy) is 1. The summed E-state index contributed by atoms with van der Waals surface area (Å²) in [6.07, 6.45) is 1.06. The average Bonchev–Trinajstić information content (AvgIpc) is 2.37. The van der Waals surface area contributed by atoms with Gasteiger partial charge in [-0.05, 0) is 30.4 Å². The van der Waals surface area contributed by atoms with Crippen LogP contribution in [0.2, 0.25) is 0 Å². The number of nitrogen functional groups attached to an aromatic ring is 1. The van der Waals surface area contributed by atoms with Gasteiger partial charge in [0.05, 0.1) is 7.11 Å². The smallest absolute Gasteiger partial charge is 0.246 e. The maximum Gasteiger partial charge on any atom is 0.246 e. The summed E-state index contributed by atoms with van der Waals surface area (Å²) >= 11 is 0. The van der Waals surface area contributed by atoms with Crippen LogP contribution in [-0.4, -0.2) is 32.9 Å². The van der Waals surface area contributed by atoms with E-state index >= 15 is 0 Å². The van der Waals surface area contributed by atoms with Crippen molar-refractivity contribution in [2.75, 3.05) is 25.9 Å². The first-order valence-electron chi connectivity index (χ1n) is 6.78. The maximum absolute atomic E-state index is 12.8. The SMILES string of the molecule is COc1cc(N)ccc1S(=O)(=O)N1CC(C)CC(C)C1. The van der Waals surface area contributed by atoms with Crippen LogP contribution in [-0.2, 0) is 10.0 Å². The van der Waals surface area contributed by atoms with Crippen molar-refractivity contribution >= 4 is 15.7 Å². The van der Waals surface area contributed by atoms with Gasteiger partial charge in [0.25, 0.3) is 0 Å². The van der Waals surface area contributed by atoms with Crippen LogP contribution in [0.25, 0.3) is 0 Å². The fourth-order valence-corrected chi connectivity index (χ4v) is 4.65. The second-order valence-corrected chi connectivity index (χ2v) is 7.58. The Kier molecular flexibility index (Phi) is 4.25. The molecule has 1 saturated heterocycles. The molecular weight excluding hydrogens is 276 g/mol. The Morgan fingerprint density at radius 2 is 1.85 bits per heavy atom. The topological polar surface area (TPSA) is 72.6 Å². The van der Waals surface area contributed by atoms with Gasteiger partial charge in [-0.25, -0.2) is 8.42 Å². The number of piperidine rings is 1. The molecule has 2 atom stereocenters. The predicted octanol–water partition coefficient (Wildman–Crippen LogP) is 1.94. The standard InChI is InChI=1S/C14H22N2O3S/c1-10-6-11(2)9-16(8-10)20(17,18)14-5-4-12(15)7-13(14)19-3/h4-5,7,10-11H,6,8-9,15H2,1-3H3. The predicted molar refractivity (Wildman–Crippen MR) is 79.1 cm³/mol. The summed E-state index contributed by atoms with van der Waals surface area (Å²) in [5.74, 6) is 1.04. The Balaban J connectivity index is 2.39. The molecule has 0 spiro atoms. The van der Waals surface area contributed by atoms with Gasteiger partial charge in [-0.15, -0.1) is 0 Å². The zero-order valence-corrected chi connectivity index (χ0v) is 13.0. The van der Waals surface area contributed by atoms with E-state index in [1.165, 1.54) is 13.2 Å². The van der Waals surface area contributed by atoms with Crippen molar-refractivity contribution in [2.24, 2.45) is 11.8 Å². The number of hydrogen-bond acceptors (Lipinski definition) is 4. The zero-order valence-electron chi connectivity index (χ0n) is 12.2. The van der Waals surface area contributed by atoms with Crippen LogP contribution in [0.1, 0.15) is 20.3 Å². The molecule has 6 heteroatoms. The minimum Gasteiger partial charge on any atom is -0.495 e. The third-order valence-electron chi connectivity index (χ3n) is 3.64. The van der Waals surface area contributed by atoms with Gasteiger partial charge in [0, 0.05) is 24.8 Å². The minimum absolute atomic E-state index is 0.190. The molecule has 0 aliphatic carbocycles. The maximum atomic E-state index is 12.8. The van der Waals surface area contributed by atoms with Gasteiger partial charge in [0.15, 0.2) is 0 Å². The lowest BCUT2D eigenvalue weighted by atomic mass is 9.94. The Labute approximate surface area is 120 Å². The van der Waals surface area contributed by atoms with Crippen LogP contribution in [0, 0.1) is 11.8 Å². The van der Waals surface area contributed by atoms with Crippen molar-refractivity contribution in [3.63, 3.8) is 0 Å². The number of hydrogen-bond donors (Lipinski definition) is 1. The van der Waals surface area contributed by atoms with E-state index in [1.807, 2.05) is 0 Å². The number of benzene rings is 1. The Morgan fingerprint density at radius 3 is 2.40 bits per heavy atom. The first-order chi connectivity index (χ1) is 9.34. The lowest BCUT2D eigenvalue weighted by Crippen LogP contribution is -2.42. The van der Waals surface area contributed by atoms with Gasteiger partial charge in [-0.3, -0.25) is 0 Å². The third-order valence-corrected chi connectivity index (χ3v) is 5.51. The van der Waals surface area contributed by atoms with Gasteiger partial charge >= 0.3 is 0 Å². The summed E-state index contributed by atoms with van der Waals surface area (Å²) in [6, 6.07) is 4.66. The van der Waals surface area contributed by atoms with E-state index in [1.54, 1.807) is 16.4 Å². The molecule has 0 bridgehead atoms. The summed E-state index contributed by atoms with van der Waals surface area (Å²) in [6.45, 7) is 5.27. The fraction of sp³-hybridized carbons (Fsp3) is 0.571. The third kappa shape index (κ3) is 2.91. The van der Waals surface area contributed by atoms with E-state index in [0.29, 0.717) is 36.4 Å². The zero-order chi connectivity index (χ0) is 14.9. The molecule has 1 aromatic carbocycles. The van der Waals surface area contributed by atoms with Gasteiger partial charge in [0.1, 0.15) is 10.6 Å². The molecule has 1 heterocycles. The Bertz CT molecular complexity index is 576. The van der Waals surface area contributed by atoms with Gasteiger partial charge in [-0.1, -0.05) is 13.8 Å². The number of nitrogens with zero attached hydrogens (tertiary/aromatic N) is 1. The molecule has 2 unspecified atom stereocenters. The number of rotatable bonds is 3. The second kappa shape index (κ2) is 5.61. The fourth-order valence-electron chi connectivity index (χ4n) is 2.84. The number of anilines is 1. The van der Waals surface area contributed by atoms with E-state index in [0.717, 1.165) is 6.42 Å². The van der Waals surface area contributed by atoms with Crippen LogP contribution in [0.4, 0.5) is 5.69 Å². The average molecular weight is 298 g/mol. The highest BCUT2D eigenvalue weighted by Gasteiger charge is 2.33. The monoisotopic (exact) mass is 298 g/mol. The number of sulfonamides is 1. The van der Waals surface area contributed by atoms with Crippen LogP contribution < -0.4 is 10.5 Å². The molecule has 1 aliphatic rings. The highest BCUT2D eigenvalue weighted by molar-refractivity contribution is 7.89. The van der Waals surface area contributed by atoms with E-state index in [2.05, 4.69) is 13.8 Å². The highest BCUT2D eigenvalue weighted by atomic mass is 32.2.